The quantitative estimate of drug-likeness (QED) is 0.133. The zero-order valence-electron chi connectivity index (χ0n) is 71.9. The highest BCUT2D eigenvalue weighted by Gasteiger charge is 2.20. The number of benzene rings is 14. The zero-order chi connectivity index (χ0) is 82.3. The van der Waals surface area contributed by atoms with Gasteiger partial charge in [0.1, 0.15) is 22.3 Å². The maximum absolute atomic E-state index is 9.07. The van der Waals surface area contributed by atoms with Gasteiger partial charge < -0.3 is 8.83 Å². The monoisotopic (exact) mass is 1230 g/mol. The third kappa shape index (κ3) is 10.5. The first-order valence-corrected chi connectivity index (χ1v) is 29.5. The molecule has 0 saturated heterocycles. The number of fused-ring (bicyclic) bond motifs is 10. The number of rotatable bonds is 10. The smallest absolute Gasteiger partial charge is 0.164 e. The lowest BCUT2D eigenvalue weighted by molar-refractivity contribution is 0.669. The summed E-state index contributed by atoms with van der Waals surface area (Å²) in [6.07, 6.45) is 0. The van der Waals surface area contributed by atoms with Crippen LogP contribution in [-0.2, 0) is 0 Å². The Labute approximate surface area is 573 Å². The van der Waals surface area contributed by atoms with Crippen molar-refractivity contribution in [2.24, 2.45) is 0 Å². The summed E-state index contributed by atoms with van der Waals surface area (Å²) in [5.74, 6) is 2.23. The van der Waals surface area contributed by atoms with Crippen molar-refractivity contribution in [2.45, 2.75) is 0 Å². The summed E-state index contributed by atoms with van der Waals surface area (Å²) >= 11 is 0. The van der Waals surface area contributed by atoms with Crippen LogP contribution >= 0.6 is 0 Å². The Bertz CT molecular complexity index is 7220. The van der Waals surface area contributed by atoms with Gasteiger partial charge in [0.25, 0.3) is 0 Å². The summed E-state index contributed by atoms with van der Waals surface area (Å²) in [7, 11) is 0. The number of hydrogen-bond acceptors (Lipinski definition) is 8. The first kappa shape index (κ1) is 36.2. The standard InChI is InChI=1S/2C43H27N3O/c2*1-3-10-28(11-4-1)29-18-22-33(23-19-29)42-44-41(32-13-5-2-6-14-32)45-43(46-42)34-24-20-31(21-25-34)36-16-9-17-37-39(36)40-35-15-8-7-12-30(35)26-27-38(40)47-37/h2*1-27H/i1D,3D,4D,7D,8D,9D,10D,11D,12D,15D,16D,17D,26D,27D;7D,8D,9D,12D,15D,16D,17D,26D,27D. The molecule has 0 spiro atoms. The van der Waals surface area contributed by atoms with Crippen molar-refractivity contribution >= 4 is 65.4 Å². The van der Waals surface area contributed by atoms with Gasteiger partial charge in [-0.3, -0.25) is 0 Å². The molecule has 0 radical (unpaired) electrons. The van der Waals surface area contributed by atoms with Crippen LogP contribution in [0.3, 0.4) is 0 Å². The van der Waals surface area contributed by atoms with E-state index in [0.29, 0.717) is 62.2 Å². The molecule has 4 aromatic heterocycles. The van der Waals surface area contributed by atoms with E-state index in [1.54, 1.807) is 72.8 Å². The van der Waals surface area contributed by atoms with Gasteiger partial charge in [-0.15, -0.1) is 0 Å². The topological polar surface area (TPSA) is 104 Å². The summed E-state index contributed by atoms with van der Waals surface area (Å²) in [5, 5.41) is -0.161. The third-order valence-electron chi connectivity index (χ3n) is 15.9. The number of furan rings is 2. The van der Waals surface area contributed by atoms with Crippen molar-refractivity contribution in [3.8, 4) is 113 Å². The Hall–Kier alpha value is -12.8. The summed E-state index contributed by atoms with van der Waals surface area (Å²) in [4.78, 5) is 28.9. The molecule has 0 aliphatic carbocycles. The average molecular weight is 1230 g/mol. The first-order valence-electron chi connectivity index (χ1n) is 41.0. The Morgan fingerprint density at radius 2 is 0.489 bits per heavy atom. The molecule has 18 aromatic rings. The van der Waals surface area contributed by atoms with Crippen molar-refractivity contribution < 1.29 is 40.4 Å². The van der Waals surface area contributed by atoms with Crippen LogP contribution in [0.5, 0.6) is 0 Å². The van der Waals surface area contributed by atoms with Crippen LogP contribution < -0.4 is 0 Å². The lowest BCUT2D eigenvalue weighted by Crippen LogP contribution is -2.00. The molecule has 4 heterocycles. The van der Waals surface area contributed by atoms with E-state index < -0.39 is 115 Å². The molecule has 440 valence electrons. The number of aromatic nitrogens is 6. The number of nitrogens with zero attached hydrogens (tertiary/aromatic N) is 6. The summed E-state index contributed by atoms with van der Waals surface area (Å²) < 4.78 is 209. The van der Waals surface area contributed by atoms with Crippen molar-refractivity contribution in [3.05, 3.63) is 327 Å². The SMILES string of the molecule is [2H]c1c([2H])c(-c2ccc(-c3nc(-c4ccccc4)nc(-c4ccc(-c5ccccc5)cc4)n3)cc2)c2c(oc3c([2H])c([2H])c4c([2H])c([2H])c([2H])c([2H])c4c32)c1[2H].[2H]c1c([2H])c([2H])c(-c2ccc(-c3nc(-c4ccccc4)nc(-c4ccc(-c5c([2H])c([2H])c([2H])c6oc7c([2H])c([2H])c8c([2H])c([2H])c([2H])c([2H])c8c7c56)cc4)n3)cc2)c([2H])c1[2H]. The molecule has 0 aliphatic heterocycles. The molecule has 8 heteroatoms. The Morgan fingerprint density at radius 1 is 0.202 bits per heavy atom. The second-order valence-electron chi connectivity index (χ2n) is 21.5. The van der Waals surface area contributed by atoms with Crippen LogP contribution in [-0.4, -0.2) is 29.9 Å². The minimum Gasteiger partial charge on any atom is -0.456 e. The van der Waals surface area contributed by atoms with Crippen molar-refractivity contribution in [2.75, 3.05) is 0 Å². The van der Waals surface area contributed by atoms with Crippen LogP contribution in [0.1, 0.15) is 31.5 Å². The lowest BCUT2D eigenvalue weighted by atomic mass is 9.96. The molecular weight excluding hydrogens is 1150 g/mol. The van der Waals surface area contributed by atoms with Gasteiger partial charge in [0, 0.05) is 54.9 Å². The predicted molar refractivity (Wildman–Crippen MR) is 384 cm³/mol. The maximum atomic E-state index is 9.07. The molecule has 0 bridgehead atoms. The van der Waals surface area contributed by atoms with E-state index in [2.05, 4.69) is 0 Å². The van der Waals surface area contributed by atoms with E-state index in [-0.39, 0.29) is 118 Å². The minimum absolute atomic E-state index is 0.0336. The molecule has 14 aromatic carbocycles. The van der Waals surface area contributed by atoms with Gasteiger partial charge in [0.2, 0.25) is 0 Å². The normalized spacial score (nSPS) is 14.8. The number of hydrogen-bond donors (Lipinski definition) is 0. The van der Waals surface area contributed by atoms with Crippen LogP contribution in [0.15, 0.2) is 336 Å². The first-order chi connectivity index (χ1) is 56.1. The van der Waals surface area contributed by atoms with Crippen LogP contribution in [0.25, 0.3) is 178 Å². The highest BCUT2D eigenvalue weighted by molar-refractivity contribution is 6.24. The van der Waals surface area contributed by atoms with Gasteiger partial charge in [0.15, 0.2) is 34.9 Å². The van der Waals surface area contributed by atoms with E-state index in [1.165, 1.54) is 0 Å². The molecular formula is C86H54N6O2. The van der Waals surface area contributed by atoms with E-state index in [1.807, 2.05) is 115 Å². The fourth-order valence-corrected chi connectivity index (χ4v) is 11.3. The molecule has 0 aliphatic rings. The molecule has 18 rings (SSSR count). The van der Waals surface area contributed by atoms with E-state index in [9.17, 15) is 0 Å². The highest BCUT2D eigenvalue weighted by atomic mass is 16.3. The zero-order valence-corrected chi connectivity index (χ0v) is 48.9. The average Bonchev–Trinajstić information content (AvgIpc) is 1.60. The minimum atomic E-state index is -0.577. The largest absolute Gasteiger partial charge is 0.456 e. The molecule has 0 unspecified atom stereocenters. The van der Waals surface area contributed by atoms with Gasteiger partial charge in [-0.2, -0.15) is 0 Å². The predicted octanol–water partition coefficient (Wildman–Crippen LogP) is 22.5. The maximum Gasteiger partial charge on any atom is 0.164 e. The molecule has 8 nitrogen and oxygen atoms in total. The van der Waals surface area contributed by atoms with Crippen molar-refractivity contribution in [3.63, 3.8) is 0 Å². The Balaban J connectivity index is 0.000000169. The van der Waals surface area contributed by atoms with Crippen LogP contribution in [0.2, 0.25) is 0 Å². The van der Waals surface area contributed by atoms with Crippen LogP contribution in [0, 0.1) is 0 Å². The fourth-order valence-electron chi connectivity index (χ4n) is 11.3. The fraction of sp³-hybridized carbons (Fsp3) is 0. The summed E-state index contributed by atoms with van der Waals surface area (Å²) in [5.41, 5.74) is 7.06. The molecule has 0 saturated carbocycles. The Kier molecular flexibility index (Phi) is 9.18. The lowest BCUT2D eigenvalue weighted by Gasteiger charge is -2.10. The van der Waals surface area contributed by atoms with Gasteiger partial charge in [0.05, 0.1) is 31.5 Å². The van der Waals surface area contributed by atoms with E-state index in [4.69, 9.17) is 70.3 Å². The molecule has 0 fully saturated rings. The second kappa shape index (κ2) is 23.9. The second-order valence-corrected chi connectivity index (χ2v) is 21.5. The van der Waals surface area contributed by atoms with Gasteiger partial charge in [-0.1, -0.05) is 303 Å². The van der Waals surface area contributed by atoms with Gasteiger partial charge in [-0.05, 0) is 90.2 Å². The van der Waals surface area contributed by atoms with Gasteiger partial charge in [-0.25, -0.2) is 29.9 Å². The molecule has 0 N–H and O–H groups in total. The van der Waals surface area contributed by atoms with Crippen molar-refractivity contribution in [1.29, 1.82) is 0 Å². The highest BCUT2D eigenvalue weighted by Crippen LogP contribution is 2.43. The molecule has 94 heavy (non-hydrogen) atoms. The molecule has 0 atom stereocenters. The van der Waals surface area contributed by atoms with Crippen LogP contribution in [0.4, 0.5) is 0 Å². The van der Waals surface area contributed by atoms with E-state index in [0.717, 1.165) is 22.3 Å². The van der Waals surface area contributed by atoms with E-state index >= 15 is 0 Å². The molecule has 0 amide bonds. The third-order valence-corrected chi connectivity index (χ3v) is 15.9. The van der Waals surface area contributed by atoms with Crippen molar-refractivity contribution in [1.82, 2.24) is 29.9 Å². The Morgan fingerprint density at radius 3 is 0.872 bits per heavy atom. The summed E-state index contributed by atoms with van der Waals surface area (Å²) in [6, 6.07) is 46.8. The van der Waals surface area contributed by atoms with Gasteiger partial charge >= 0.3 is 0 Å². The summed E-state index contributed by atoms with van der Waals surface area (Å²) in [6.45, 7) is 0.